The molecule has 0 radical (unpaired) electrons. The van der Waals surface area contributed by atoms with E-state index in [1.54, 1.807) is 4.57 Å². The van der Waals surface area contributed by atoms with Gasteiger partial charge in [-0.1, -0.05) is 37.3 Å². The van der Waals surface area contributed by atoms with E-state index in [1.807, 2.05) is 25.1 Å². The standard InChI is InChI=1S/C26H33N5O2/c1-2-9-30-23(32)21-22(29(10-8-27)25(30)33)28-24(31(21)16-17-6-4-3-5-7-17)26-13-18-11-19(14-26)20(12-18)15-26/h3-7,18-20H,2,8-16,27H2,1H3. The number of rotatable bonds is 7. The van der Waals surface area contributed by atoms with E-state index in [1.165, 1.54) is 17.4 Å². The minimum atomic E-state index is -0.288. The zero-order chi connectivity index (χ0) is 22.7. The second-order valence-electron chi connectivity index (χ2n) is 10.6. The molecule has 3 aromatic rings. The quantitative estimate of drug-likeness (QED) is 0.603. The lowest BCUT2D eigenvalue weighted by molar-refractivity contribution is 0.214. The van der Waals surface area contributed by atoms with Crippen molar-refractivity contribution in [1.29, 1.82) is 0 Å². The predicted octanol–water partition coefficient (Wildman–Crippen LogP) is 2.85. The summed E-state index contributed by atoms with van der Waals surface area (Å²) in [6.07, 6.45) is 6.91. The molecule has 0 spiro atoms. The van der Waals surface area contributed by atoms with E-state index in [4.69, 9.17) is 10.7 Å². The molecule has 4 aliphatic rings. The number of nitrogens with zero attached hydrogens (tertiary/aromatic N) is 4. The van der Waals surface area contributed by atoms with Gasteiger partial charge in [0.25, 0.3) is 5.56 Å². The molecule has 4 fully saturated rings. The molecule has 4 aliphatic carbocycles. The fraction of sp³-hybridized carbons (Fsp3) is 0.577. The highest BCUT2D eigenvalue weighted by molar-refractivity contribution is 5.72. The molecule has 4 saturated carbocycles. The Kier molecular flexibility index (Phi) is 4.87. The van der Waals surface area contributed by atoms with Crippen LogP contribution in [0.15, 0.2) is 39.9 Å². The molecular weight excluding hydrogens is 414 g/mol. The van der Waals surface area contributed by atoms with Gasteiger partial charge >= 0.3 is 5.69 Å². The van der Waals surface area contributed by atoms with E-state index in [-0.39, 0.29) is 16.7 Å². The molecule has 33 heavy (non-hydrogen) atoms. The number of fused-ring (bicyclic) bond motifs is 1. The van der Waals surface area contributed by atoms with E-state index in [0.717, 1.165) is 54.8 Å². The van der Waals surface area contributed by atoms with Gasteiger partial charge in [-0.3, -0.25) is 13.9 Å². The van der Waals surface area contributed by atoms with Gasteiger partial charge < -0.3 is 10.3 Å². The van der Waals surface area contributed by atoms with Crippen LogP contribution in [0.25, 0.3) is 11.2 Å². The van der Waals surface area contributed by atoms with Gasteiger partial charge in [0.1, 0.15) is 5.82 Å². The van der Waals surface area contributed by atoms with Crippen LogP contribution in [0.5, 0.6) is 0 Å². The van der Waals surface area contributed by atoms with Crippen LogP contribution in [-0.4, -0.2) is 25.2 Å². The van der Waals surface area contributed by atoms with Crippen molar-refractivity contribution in [3.8, 4) is 0 Å². The molecule has 2 N–H and O–H groups in total. The van der Waals surface area contributed by atoms with Crippen molar-refractivity contribution in [2.75, 3.05) is 6.54 Å². The summed E-state index contributed by atoms with van der Waals surface area (Å²) in [4.78, 5) is 32.2. The third kappa shape index (κ3) is 3.08. The van der Waals surface area contributed by atoms with E-state index in [9.17, 15) is 9.59 Å². The van der Waals surface area contributed by atoms with Crippen molar-refractivity contribution in [3.05, 3.63) is 62.6 Å². The number of hydrogen-bond acceptors (Lipinski definition) is 4. The summed E-state index contributed by atoms with van der Waals surface area (Å²) >= 11 is 0. The highest BCUT2D eigenvalue weighted by Gasteiger charge is 2.58. The van der Waals surface area contributed by atoms with Crippen molar-refractivity contribution >= 4 is 11.2 Å². The van der Waals surface area contributed by atoms with Crippen LogP contribution in [0.3, 0.4) is 0 Å². The number of aromatic nitrogens is 4. The average Bonchev–Trinajstić information content (AvgIpc) is 3.40. The van der Waals surface area contributed by atoms with E-state index < -0.39 is 0 Å². The Balaban J connectivity index is 1.64. The molecule has 2 heterocycles. The SMILES string of the molecule is CCCn1c(=O)c2c(nc(C34CC5CC(C3)C(C5)C4)n2Cc2ccccc2)n(CCN)c1=O. The summed E-state index contributed by atoms with van der Waals surface area (Å²) in [5, 5.41) is 0. The molecule has 0 amide bonds. The minimum absolute atomic E-state index is 0.0237. The summed E-state index contributed by atoms with van der Waals surface area (Å²) < 4.78 is 5.20. The Bertz CT molecular complexity index is 1300. The maximum atomic E-state index is 13.7. The summed E-state index contributed by atoms with van der Waals surface area (Å²) in [6, 6.07) is 10.3. The van der Waals surface area contributed by atoms with Gasteiger partial charge in [0.2, 0.25) is 0 Å². The number of hydrogen-bond donors (Lipinski definition) is 1. The summed E-state index contributed by atoms with van der Waals surface area (Å²) in [5.74, 6) is 3.37. The van der Waals surface area contributed by atoms with Crippen LogP contribution in [0.4, 0.5) is 0 Å². The fourth-order valence-electron chi connectivity index (χ4n) is 7.45. The number of imidazole rings is 1. The van der Waals surface area contributed by atoms with Crippen molar-refractivity contribution in [2.45, 2.75) is 70.5 Å². The molecule has 7 heteroatoms. The third-order valence-corrected chi connectivity index (χ3v) is 8.50. The molecule has 4 bridgehead atoms. The fourth-order valence-corrected chi connectivity index (χ4v) is 7.45. The second kappa shape index (κ2) is 7.69. The molecule has 7 nitrogen and oxygen atoms in total. The summed E-state index contributed by atoms with van der Waals surface area (Å²) in [5.41, 5.74) is 7.64. The predicted molar refractivity (Wildman–Crippen MR) is 128 cm³/mol. The Morgan fingerprint density at radius 1 is 1.00 bits per heavy atom. The first-order valence-corrected chi connectivity index (χ1v) is 12.5. The number of benzene rings is 1. The highest BCUT2D eigenvalue weighted by atomic mass is 16.2. The zero-order valence-electron chi connectivity index (χ0n) is 19.4. The number of nitrogens with two attached hydrogens (primary N) is 1. The molecule has 0 saturated heterocycles. The highest BCUT2D eigenvalue weighted by Crippen LogP contribution is 2.64. The first-order valence-electron chi connectivity index (χ1n) is 12.5. The van der Waals surface area contributed by atoms with Crippen LogP contribution < -0.4 is 17.0 Å². The van der Waals surface area contributed by atoms with Crippen molar-refractivity contribution in [3.63, 3.8) is 0 Å². The summed E-state index contributed by atoms with van der Waals surface area (Å²) in [6.45, 7) is 3.68. The first-order chi connectivity index (χ1) is 16.0. The topological polar surface area (TPSA) is 87.8 Å². The van der Waals surface area contributed by atoms with Crippen LogP contribution in [0.1, 0.15) is 56.8 Å². The molecule has 0 aliphatic heterocycles. The molecule has 2 atom stereocenters. The largest absolute Gasteiger partial charge is 0.332 e. The van der Waals surface area contributed by atoms with Gasteiger partial charge in [-0.2, -0.15) is 0 Å². The lowest BCUT2D eigenvalue weighted by Gasteiger charge is -2.38. The minimum Gasteiger partial charge on any atom is -0.329 e. The Hall–Kier alpha value is -2.67. The average molecular weight is 448 g/mol. The zero-order valence-corrected chi connectivity index (χ0v) is 19.4. The van der Waals surface area contributed by atoms with Gasteiger partial charge in [-0.05, 0) is 61.8 Å². The first kappa shape index (κ1) is 20.9. The van der Waals surface area contributed by atoms with Crippen LogP contribution in [-0.2, 0) is 25.0 Å². The normalized spacial score (nSPS) is 27.8. The van der Waals surface area contributed by atoms with Crippen molar-refractivity contribution < 1.29 is 0 Å². The monoisotopic (exact) mass is 447 g/mol. The molecule has 1 aromatic carbocycles. The van der Waals surface area contributed by atoms with E-state index in [2.05, 4.69) is 16.7 Å². The smallest absolute Gasteiger partial charge is 0.329 e. The molecule has 7 rings (SSSR count). The van der Waals surface area contributed by atoms with E-state index in [0.29, 0.717) is 37.3 Å². The van der Waals surface area contributed by atoms with Crippen molar-refractivity contribution in [1.82, 2.24) is 18.7 Å². The lowest BCUT2D eigenvalue weighted by atomic mass is 9.69. The van der Waals surface area contributed by atoms with Crippen LogP contribution in [0, 0.1) is 17.8 Å². The van der Waals surface area contributed by atoms with Gasteiger partial charge in [0.05, 0.1) is 0 Å². The molecular formula is C26H33N5O2. The van der Waals surface area contributed by atoms with Crippen molar-refractivity contribution in [2.24, 2.45) is 23.5 Å². The van der Waals surface area contributed by atoms with Crippen LogP contribution >= 0.6 is 0 Å². The van der Waals surface area contributed by atoms with E-state index >= 15 is 0 Å². The lowest BCUT2D eigenvalue weighted by Crippen LogP contribution is -2.41. The Labute approximate surface area is 193 Å². The molecule has 2 unspecified atom stereocenters. The van der Waals surface area contributed by atoms with Gasteiger partial charge in [-0.15, -0.1) is 0 Å². The maximum absolute atomic E-state index is 13.7. The molecule has 174 valence electrons. The third-order valence-electron chi connectivity index (χ3n) is 8.50. The van der Waals surface area contributed by atoms with Crippen LogP contribution in [0.2, 0.25) is 0 Å². The maximum Gasteiger partial charge on any atom is 0.332 e. The Morgan fingerprint density at radius 2 is 1.73 bits per heavy atom. The van der Waals surface area contributed by atoms with Gasteiger partial charge in [0.15, 0.2) is 11.2 Å². The van der Waals surface area contributed by atoms with Gasteiger partial charge in [0, 0.05) is 31.6 Å². The Morgan fingerprint density at radius 3 is 2.36 bits per heavy atom. The summed E-state index contributed by atoms with van der Waals surface area (Å²) in [7, 11) is 0. The molecule has 2 aromatic heterocycles. The second-order valence-corrected chi connectivity index (χ2v) is 10.6. The van der Waals surface area contributed by atoms with Gasteiger partial charge in [-0.25, -0.2) is 9.78 Å².